The van der Waals surface area contributed by atoms with E-state index in [1.54, 1.807) is 0 Å². The summed E-state index contributed by atoms with van der Waals surface area (Å²) in [6.07, 6.45) is 3.63. The Morgan fingerprint density at radius 1 is 1.67 bits per heavy atom. The smallest absolute Gasteiger partial charge is 0.124 e. The van der Waals surface area contributed by atoms with Gasteiger partial charge in [-0.25, -0.2) is 4.68 Å². The van der Waals surface area contributed by atoms with E-state index in [0.717, 1.165) is 6.54 Å². The van der Waals surface area contributed by atoms with Crippen LogP contribution in [0.15, 0.2) is 6.07 Å². The summed E-state index contributed by atoms with van der Waals surface area (Å²) < 4.78 is 2.14. The molecule has 1 aromatic heterocycles. The zero-order chi connectivity index (χ0) is 10.8. The molecule has 1 aliphatic heterocycles. The highest BCUT2D eigenvalue weighted by molar-refractivity contribution is 5.40. The molecule has 0 spiro atoms. The van der Waals surface area contributed by atoms with Crippen LogP contribution in [0.5, 0.6) is 0 Å². The Morgan fingerprint density at radius 2 is 2.47 bits per heavy atom. The molecule has 0 saturated carbocycles. The van der Waals surface area contributed by atoms with Crippen molar-refractivity contribution in [1.29, 1.82) is 0 Å². The van der Waals surface area contributed by atoms with Gasteiger partial charge in [0.25, 0.3) is 0 Å². The van der Waals surface area contributed by atoms with Crippen LogP contribution in [0.2, 0.25) is 0 Å². The van der Waals surface area contributed by atoms with Crippen molar-refractivity contribution in [3.63, 3.8) is 0 Å². The van der Waals surface area contributed by atoms with E-state index in [0.29, 0.717) is 12.0 Å². The molecule has 2 rings (SSSR count). The Morgan fingerprint density at radius 3 is 3.13 bits per heavy atom. The van der Waals surface area contributed by atoms with E-state index in [-0.39, 0.29) is 0 Å². The second-order valence-corrected chi connectivity index (χ2v) is 4.65. The summed E-state index contributed by atoms with van der Waals surface area (Å²) in [4.78, 5) is 0. The maximum absolute atomic E-state index is 4.70. The Hall–Kier alpha value is -0.990. The van der Waals surface area contributed by atoms with Crippen LogP contribution in [0.4, 0.5) is 5.82 Å². The molecule has 1 aromatic rings. The van der Waals surface area contributed by atoms with Crippen LogP contribution in [-0.4, -0.2) is 16.3 Å². The van der Waals surface area contributed by atoms with Crippen LogP contribution in [0.1, 0.15) is 57.7 Å². The molecule has 0 saturated heterocycles. The number of rotatable bonds is 3. The summed E-state index contributed by atoms with van der Waals surface area (Å²) in [6, 6.07) is 2.76. The van der Waals surface area contributed by atoms with Crippen molar-refractivity contribution in [3.8, 4) is 0 Å². The molecule has 0 radical (unpaired) electrons. The average molecular weight is 207 g/mol. The van der Waals surface area contributed by atoms with Crippen molar-refractivity contribution >= 4 is 5.82 Å². The van der Waals surface area contributed by atoms with Gasteiger partial charge >= 0.3 is 0 Å². The monoisotopic (exact) mass is 207 g/mol. The third kappa shape index (κ3) is 2.01. The third-order valence-corrected chi connectivity index (χ3v) is 3.27. The molecular formula is C12H21N3. The topological polar surface area (TPSA) is 29.9 Å². The first-order valence-electron chi connectivity index (χ1n) is 6.05. The number of nitrogens with one attached hydrogen (secondary N) is 1. The number of aromatic nitrogens is 2. The Balaban J connectivity index is 2.21. The Bertz CT molecular complexity index is 330. The number of hydrogen-bond donors (Lipinski definition) is 1. The van der Waals surface area contributed by atoms with Crippen molar-refractivity contribution in [3.05, 3.63) is 11.8 Å². The van der Waals surface area contributed by atoms with Crippen LogP contribution in [0.25, 0.3) is 0 Å². The van der Waals surface area contributed by atoms with Crippen molar-refractivity contribution in [2.45, 2.75) is 52.0 Å². The molecular weight excluding hydrogens is 186 g/mol. The van der Waals surface area contributed by atoms with Gasteiger partial charge in [-0.3, -0.25) is 0 Å². The van der Waals surface area contributed by atoms with Crippen LogP contribution < -0.4 is 5.32 Å². The van der Waals surface area contributed by atoms with E-state index in [1.165, 1.54) is 30.8 Å². The van der Waals surface area contributed by atoms with Crippen molar-refractivity contribution in [2.75, 3.05) is 11.9 Å². The van der Waals surface area contributed by atoms with E-state index in [9.17, 15) is 0 Å². The zero-order valence-electron chi connectivity index (χ0n) is 9.95. The highest BCUT2D eigenvalue weighted by Crippen LogP contribution is 2.28. The van der Waals surface area contributed by atoms with Gasteiger partial charge in [-0.15, -0.1) is 0 Å². The van der Waals surface area contributed by atoms with Gasteiger partial charge in [-0.1, -0.05) is 20.3 Å². The fraction of sp³-hybridized carbons (Fsp3) is 0.750. The van der Waals surface area contributed by atoms with Crippen molar-refractivity contribution in [1.82, 2.24) is 9.78 Å². The van der Waals surface area contributed by atoms with Gasteiger partial charge in [0.15, 0.2) is 0 Å². The molecule has 84 valence electrons. The van der Waals surface area contributed by atoms with E-state index >= 15 is 0 Å². The summed E-state index contributed by atoms with van der Waals surface area (Å²) in [5.74, 6) is 1.79. The van der Waals surface area contributed by atoms with Gasteiger partial charge in [0, 0.05) is 18.5 Å². The molecule has 0 aliphatic carbocycles. The standard InChI is InChI=1S/C12H21N3/c1-4-5-9(2)11-8-12-13-7-6-10(3)15(12)14-11/h8-10,13H,4-7H2,1-3H3. The Labute approximate surface area is 91.9 Å². The maximum Gasteiger partial charge on any atom is 0.124 e. The lowest BCUT2D eigenvalue weighted by atomic mass is 10.0. The molecule has 1 aliphatic rings. The third-order valence-electron chi connectivity index (χ3n) is 3.27. The fourth-order valence-electron chi connectivity index (χ4n) is 2.23. The largest absolute Gasteiger partial charge is 0.370 e. The second-order valence-electron chi connectivity index (χ2n) is 4.65. The highest BCUT2D eigenvalue weighted by Gasteiger charge is 2.19. The van der Waals surface area contributed by atoms with Crippen LogP contribution in [0, 0.1) is 0 Å². The van der Waals surface area contributed by atoms with E-state index in [2.05, 4.69) is 36.8 Å². The van der Waals surface area contributed by atoms with Crippen molar-refractivity contribution in [2.24, 2.45) is 0 Å². The lowest BCUT2D eigenvalue weighted by Gasteiger charge is -2.21. The quantitative estimate of drug-likeness (QED) is 0.825. The van der Waals surface area contributed by atoms with Gasteiger partial charge in [0.05, 0.1) is 11.7 Å². The molecule has 0 amide bonds. The first kappa shape index (κ1) is 10.5. The molecule has 1 N–H and O–H groups in total. The number of hydrogen-bond acceptors (Lipinski definition) is 2. The predicted molar refractivity (Wildman–Crippen MR) is 63.4 cm³/mol. The number of fused-ring (bicyclic) bond motifs is 1. The maximum atomic E-state index is 4.70. The van der Waals surface area contributed by atoms with E-state index < -0.39 is 0 Å². The predicted octanol–water partition coefficient (Wildman–Crippen LogP) is 3.16. The zero-order valence-corrected chi connectivity index (χ0v) is 9.95. The fourth-order valence-corrected chi connectivity index (χ4v) is 2.23. The normalized spacial score (nSPS) is 21.9. The number of anilines is 1. The summed E-state index contributed by atoms with van der Waals surface area (Å²) >= 11 is 0. The minimum atomic E-state index is 0.545. The molecule has 0 bridgehead atoms. The molecule has 15 heavy (non-hydrogen) atoms. The molecule has 0 fully saturated rings. The minimum Gasteiger partial charge on any atom is -0.370 e. The molecule has 2 atom stereocenters. The molecule has 3 heteroatoms. The first-order chi connectivity index (χ1) is 7.22. The molecule has 2 heterocycles. The SMILES string of the molecule is CCCC(C)c1cc2n(n1)C(C)CCN2. The van der Waals surface area contributed by atoms with E-state index in [1.807, 2.05) is 0 Å². The molecule has 2 unspecified atom stereocenters. The van der Waals surface area contributed by atoms with Crippen LogP contribution in [-0.2, 0) is 0 Å². The summed E-state index contributed by atoms with van der Waals surface area (Å²) in [7, 11) is 0. The first-order valence-corrected chi connectivity index (χ1v) is 6.05. The minimum absolute atomic E-state index is 0.545. The summed E-state index contributed by atoms with van der Waals surface area (Å²) in [5, 5.41) is 8.12. The van der Waals surface area contributed by atoms with Crippen LogP contribution >= 0.6 is 0 Å². The van der Waals surface area contributed by atoms with Crippen molar-refractivity contribution < 1.29 is 0 Å². The lowest BCUT2D eigenvalue weighted by molar-refractivity contribution is 0.446. The van der Waals surface area contributed by atoms with Gasteiger partial charge in [0.2, 0.25) is 0 Å². The Kier molecular flexibility index (Phi) is 2.98. The van der Waals surface area contributed by atoms with E-state index in [4.69, 9.17) is 5.10 Å². The molecule has 0 aromatic carbocycles. The summed E-state index contributed by atoms with van der Waals surface area (Å²) in [6.45, 7) is 7.82. The lowest BCUT2D eigenvalue weighted by Crippen LogP contribution is -2.21. The second kappa shape index (κ2) is 4.25. The summed E-state index contributed by atoms with van der Waals surface area (Å²) in [5.41, 5.74) is 1.24. The van der Waals surface area contributed by atoms with Gasteiger partial charge in [-0.2, -0.15) is 5.10 Å². The van der Waals surface area contributed by atoms with Gasteiger partial charge < -0.3 is 5.32 Å². The average Bonchev–Trinajstić information content (AvgIpc) is 2.63. The van der Waals surface area contributed by atoms with Crippen LogP contribution in [0.3, 0.4) is 0 Å². The van der Waals surface area contributed by atoms with Gasteiger partial charge in [0.1, 0.15) is 5.82 Å². The highest BCUT2D eigenvalue weighted by atomic mass is 15.4. The van der Waals surface area contributed by atoms with Gasteiger partial charge in [-0.05, 0) is 19.8 Å². The molecule has 3 nitrogen and oxygen atoms in total. The number of nitrogens with zero attached hydrogens (tertiary/aromatic N) is 2.